The maximum atomic E-state index is 12.9. The van der Waals surface area contributed by atoms with Gasteiger partial charge in [-0.15, -0.1) is 11.3 Å². The Morgan fingerprint density at radius 2 is 1.54 bits per heavy atom. The Morgan fingerprint density at radius 1 is 0.923 bits per heavy atom. The number of hydrogen-bond acceptors (Lipinski definition) is 5. The largest absolute Gasteiger partial charge is 0.350 e. The van der Waals surface area contributed by atoms with Gasteiger partial charge in [0.05, 0.1) is 27.7 Å². The third-order valence-corrected chi connectivity index (χ3v) is 6.96. The van der Waals surface area contributed by atoms with Crippen LogP contribution in [0.5, 0.6) is 0 Å². The van der Waals surface area contributed by atoms with E-state index in [1.807, 2.05) is 17.5 Å². The lowest BCUT2D eigenvalue weighted by atomic mass is 10.2. The number of hydrogen-bond donors (Lipinski definition) is 1. The second-order valence-corrected chi connectivity index (χ2v) is 8.80. The molecule has 2 heterocycles. The summed E-state index contributed by atoms with van der Waals surface area (Å²) < 4.78 is 25.8. The summed E-state index contributed by atoms with van der Waals surface area (Å²) in [5.74, 6) is -0.165. The molecule has 0 bridgehead atoms. The highest BCUT2D eigenvalue weighted by Crippen LogP contribution is 2.43. The van der Waals surface area contributed by atoms with Crippen molar-refractivity contribution in [1.82, 2.24) is 5.32 Å². The predicted octanol–water partition coefficient (Wildman–Crippen LogP) is 3.35. The Morgan fingerprint density at radius 3 is 2.12 bits per heavy atom. The maximum Gasteiger partial charge on any atom is 0.240 e. The molecule has 5 nitrogen and oxygen atoms in total. The first-order valence-electron chi connectivity index (χ1n) is 8.07. The molecule has 1 aliphatic rings. The van der Waals surface area contributed by atoms with Gasteiger partial charge in [0.25, 0.3) is 0 Å². The smallest absolute Gasteiger partial charge is 0.240 e. The Kier molecular flexibility index (Phi) is 4.26. The number of fused-ring (bicyclic) bond motifs is 2. The van der Waals surface area contributed by atoms with Crippen LogP contribution in [0.15, 0.2) is 75.8 Å². The van der Waals surface area contributed by atoms with Crippen molar-refractivity contribution in [1.29, 1.82) is 0 Å². The Balaban J connectivity index is 1.67. The summed E-state index contributed by atoms with van der Waals surface area (Å²) in [6.07, 6.45) is 0. The molecule has 0 atom stereocenters. The van der Waals surface area contributed by atoms with Crippen molar-refractivity contribution in [3.63, 3.8) is 0 Å². The van der Waals surface area contributed by atoms with E-state index in [1.54, 1.807) is 64.8 Å². The molecule has 0 aliphatic carbocycles. The fraction of sp³-hybridized carbons (Fsp3) is 0.105. The van der Waals surface area contributed by atoms with Crippen LogP contribution in [0.4, 0.5) is 11.4 Å². The number of thiophene rings is 1. The molecule has 4 rings (SSSR count). The maximum absolute atomic E-state index is 12.9. The number of carbonyl (C=O) groups excluding carboxylic acids is 1. The van der Waals surface area contributed by atoms with Crippen LogP contribution in [0, 0.1) is 0 Å². The number of anilines is 2. The van der Waals surface area contributed by atoms with Crippen molar-refractivity contribution in [2.75, 3.05) is 11.4 Å². The van der Waals surface area contributed by atoms with E-state index < -0.39 is 9.84 Å². The zero-order valence-electron chi connectivity index (χ0n) is 13.8. The highest BCUT2D eigenvalue weighted by Gasteiger charge is 2.34. The molecule has 0 saturated carbocycles. The monoisotopic (exact) mass is 384 g/mol. The minimum Gasteiger partial charge on any atom is -0.350 e. The summed E-state index contributed by atoms with van der Waals surface area (Å²) >= 11 is 1.58. The van der Waals surface area contributed by atoms with E-state index in [-0.39, 0.29) is 22.2 Å². The van der Waals surface area contributed by atoms with Crippen LogP contribution >= 0.6 is 11.3 Å². The van der Waals surface area contributed by atoms with Crippen molar-refractivity contribution >= 4 is 38.5 Å². The molecule has 3 aromatic rings. The van der Waals surface area contributed by atoms with Gasteiger partial charge >= 0.3 is 0 Å². The van der Waals surface area contributed by atoms with Gasteiger partial charge in [-0.2, -0.15) is 0 Å². The number of carbonyl (C=O) groups is 1. The number of para-hydroxylation sites is 2. The summed E-state index contributed by atoms with van der Waals surface area (Å²) in [4.78, 5) is 15.8. The van der Waals surface area contributed by atoms with Crippen molar-refractivity contribution in [3.8, 4) is 0 Å². The Labute approximate surface area is 155 Å². The van der Waals surface area contributed by atoms with Gasteiger partial charge in [-0.3, -0.25) is 4.79 Å². The lowest BCUT2D eigenvalue weighted by molar-refractivity contribution is -0.119. The summed E-state index contributed by atoms with van der Waals surface area (Å²) in [7, 11) is -3.59. The molecule has 1 aromatic heterocycles. The summed E-state index contributed by atoms with van der Waals surface area (Å²) in [5, 5.41) is 4.86. The van der Waals surface area contributed by atoms with Gasteiger partial charge in [-0.25, -0.2) is 8.42 Å². The molecule has 132 valence electrons. The van der Waals surface area contributed by atoms with Gasteiger partial charge in [0.2, 0.25) is 15.7 Å². The van der Waals surface area contributed by atoms with Crippen LogP contribution in [0.25, 0.3) is 0 Å². The topological polar surface area (TPSA) is 66.5 Å². The molecule has 0 fully saturated rings. The molecule has 0 saturated heterocycles. The molecule has 1 aliphatic heterocycles. The molecule has 0 radical (unpaired) electrons. The molecule has 26 heavy (non-hydrogen) atoms. The SMILES string of the molecule is O=C(CN1c2ccccc2S(=O)(=O)c2ccccc21)NCc1cccs1. The van der Waals surface area contributed by atoms with Crippen LogP contribution < -0.4 is 10.2 Å². The van der Waals surface area contributed by atoms with E-state index in [0.29, 0.717) is 17.9 Å². The summed E-state index contributed by atoms with van der Waals surface area (Å²) in [6.45, 7) is 0.515. The van der Waals surface area contributed by atoms with E-state index in [0.717, 1.165) is 4.88 Å². The molecule has 0 spiro atoms. The fourth-order valence-electron chi connectivity index (χ4n) is 3.03. The van der Waals surface area contributed by atoms with Crippen molar-refractivity contribution in [2.24, 2.45) is 0 Å². The first kappa shape index (κ1) is 16.8. The molecule has 1 N–H and O–H groups in total. The fourth-order valence-corrected chi connectivity index (χ4v) is 5.34. The number of sulfone groups is 1. The van der Waals surface area contributed by atoms with Crippen LogP contribution in [0.1, 0.15) is 4.88 Å². The van der Waals surface area contributed by atoms with Gasteiger partial charge in [0.15, 0.2) is 0 Å². The third-order valence-electron chi connectivity index (χ3n) is 4.23. The number of rotatable bonds is 4. The molecule has 2 aromatic carbocycles. The zero-order valence-corrected chi connectivity index (χ0v) is 15.4. The molecular weight excluding hydrogens is 368 g/mol. The lowest BCUT2D eigenvalue weighted by Crippen LogP contribution is -2.37. The van der Waals surface area contributed by atoms with Gasteiger partial charge in [-0.1, -0.05) is 30.3 Å². The highest BCUT2D eigenvalue weighted by molar-refractivity contribution is 7.92. The van der Waals surface area contributed by atoms with Crippen molar-refractivity contribution < 1.29 is 13.2 Å². The number of nitrogens with one attached hydrogen (secondary N) is 1. The first-order chi connectivity index (χ1) is 12.6. The standard InChI is InChI=1S/C19H16N2O3S2/c22-19(20-12-14-6-5-11-25-14)13-21-15-7-1-3-9-17(15)26(23,24)18-10-4-2-8-16(18)21/h1-11H,12-13H2,(H,20,22). The lowest BCUT2D eigenvalue weighted by Gasteiger charge is -2.32. The Hall–Kier alpha value is -2.64. The van der Waals surface area contributed by atoms with E-state index in [2.05, 4.69) is 5.32 Å². The highest BCUT2D eigenvalue weighted by atomic mass is 32.2. The zero-order chi connectivity index (χ0) is 18.1. The second kappa shape index (κ2) is 6.59. The van der Waals surface area contributed by atoms with E-state index >= 15 is 0 Å². The number of nitrogens with zero attached hydrogens (tertiary/aromatic N) is 1. The van der Waals surface area contributed by atoms with E-state index in [1.165, 1.54) is 0 Å². The van der Waals surface area contributed by atoms with E-state index in [4.69, 9.17) is 0 Å². The molecular formula is C19H16N2O3S2. The van der Waals surface area contributed by atoms with Gasteiger partial charge < -0.3 is 10.2 Å². The van der Waals surface area contributed by atoms with Crippen LogP contribution in [-0.4, -0.2) is 20.9 Å². The average molecular weight is 384 g/mol. The minimum absolute atomic E-state index is 0.0505. The van der Waals surface area contributed by atoms with Crippen LogP contribution in [0.2, 0.25) is 0 Å². The second-order valence-electron chi connectivity index (χ2n) is 5.88. The summed E-state index contributed by atoms with van der Waals surface area (Å²) in [5.41, 5.74) is 1.05. The van der Waals surface area contributed by atoms with Gasteiger partial charge in [-0.05, 0) is 35.7 Å². The summed E-state index contributed by atoms with van der Waals surface area (Å²) in [6, 6.07) is 17.5. The van der Waals surface area contributed by atoms with Crippen LogP contribution in [0.3, 0.4) is 0 Å². The number of amides is 1. The molecule has 1 amide bonds. The van der Waals surface area contributed by atoms with Crippen LogP contribution in [-0.2, 0) is 21.2 Å². The Bertz CT molecular complexity index is 1010. The minimum atomic E-state index is -3.59. The van der Waals surface area contributed by atoms with Crippen molar-refractivity contribution in [3.05, 3.63) is 70.9 Å². The quantitative estimate of drug-likeness (QED) is 0.749. The van der Waals surface area contributed by atoms with E-state index in [9.17, 15) is 13.2 Å². The van der Waals surface area contributed by atoms with Gasteiger partial charge in [0, 0.05) is 4.88 Å². The number of benzene rings is 2. The van der Waals surface area contributed by atoms with Crippen molar-refractivity contribution in [2.45, 2.75) is 16.3 Å². The average Bonchev–Trinajstić information content (AvgIpc) is 3.17. The molecule has 0 unspecified atom stereocenters. The predicted molar refractivity (Wildman–Crippen MR) is 102 cm³/mol. The van der Waals surface area contributed by atoms with Gasteiger partial charge in [0.1, 0.15) is 6.54 Å². The first-order valence-corrected chi connectivity index (χ1v) is 10.4. The normalized spacial score (nSPS) is 14.4. The molecule has 7 heteroatoms. The third kappa shape index (κ3) is 2.89.